The molecule has 6 heteroatoms. The topological polar surface area (TPSA) is 58.6 Å². The number of halogens is 2. The van der Waals surface area contributed by atoms with Gasteiger partial charge in [0, 0.05) is 0 Å². The van der Waals surface area contributed by atoms with Crippen molar-refractivity contribution in [2.45, 2.75) is 26.4 Å². The van der Waals surface area contributed by atoms with Crippen LogP contribution in [0.25, 0.3) is 0 Å². The molecule has 0 aliphatic rings. The number of anilines is 1. The van der Waals surface area contributed by atoms with E-state index in [1.54, 1.807) is 26.8 Å². The lowest BCUT2D eigenvalue weighted by Crippen LogP contribution is -2.27. The van der Waals surface area contributed by atoms with Gasteiger partial charge in [-0.2, -0.15) is 0 Å². The molecule has 0 spiro atoms. The van der Waals surface area contributed by atoms with E-state index in [2.05, 4.69) is 21.2 Å². The van der Waals surface area contributed by atoms with Gasteiger partial charge >= 0.3 is 6.09 Å². The van der Waals surface area contributed by atoms with E-state index in [1.165, 1.54) is 6.07 Å². The van der Waals surface area contributed by atoms with Crippen molar-refractivity contribution in [2.24, 2.45) is 0 Å². The minimum Gasteiger partial charge on any atom is -0.505 e. The Balaban J connectivity index is 2.83. The van der Waals surface area contributed by atoms with Crippen LogP contribution in [0.2, 0.25) is 5.02 Å². The van der Waals surface area contributed by atoms with Crippen LogP contribution >= 0.6 is 27.5 Å². The molecule has 4 nitrogen and oxygen atoms in total. The number of hydrogen-bond donors (Lipinski definition) is 2. The highest BCUT2D eigenvalue weighted by atomic mass is 79.9. The van der Waals surface area contributed by atoms with Gasteiger partial charge in [-0.15, -0.1) is 0 Å². The Hall–Kier alpha value is -0.940. The number of phenols is 1. The Morgan fingerprint density at radius 2 is 2.06 bits per heavy atom. The molecule has 1 aromatic carbocycles. The number of carbonyl (C=O) groups is 1. The summed E-state index contributed by atoms with van der Waals surface area (Å²) in [5, 5.41) is 12.5. The standard InChI is InChI=1S/C11H13BrClNO3/c1-11(2,3)17-10(16)14-7-5-4-6(13)8(12)9(7)15/h4-5,15H,1-3H3,(H,14,16). The molecule has 1 rings (SSSR count). The first-order valence-corrected chi connectivity index (χ1v) is 6.05. The van der Waals surface area contributed by atoms with Crippen molar-refractivity contribution in [1.29, 1.82) is 0 Å². The van der Waals surface area contributed by atoms with Crippen LogP contribution in [0, 0.1) is 0 Å². The fourth-order valence-electron chi connectivity index (χ4n) is 1.05. The second-order valence-corrected chi connectivity index (χ2v) is 5.58. The van der Waals surface area contributed by atoms with Gasteiger partial charge in [-0.05, 0) is 48.8 Å². The molecule has 0 saturated heterocycles. The number of hydrogen-bond acceptors (Lipinski definition) is 3. The van der Waals surface area contributed by atoms with Gasteiger partial charge in [-0.25, -0.2) is 4.79 Å². The number of ether oxygens (including phenoxy) is 1. The largest absolute Gasteiger partial charge is 0.505 e. The van der Waals surface area contributed by atoms with E-state index in [0.29, 0.717) is 9.50 Å². The molecule has 0 heterocycles. The Labute approximate surface area is 113 Å². The van der Waals surface area contributed by atoms with Gasteiger partial charge in [-0.3, -0.25) is 5.32 Å². The first kappa shape index (κ1) is 14.1. The third-order valence-electron chi connectivity index (χ3n) is 1.70. The van der Waals surface area contributed by atoms with Gasteiger partial charge in [0.05, 0.1) is 15.2 Å². The average molecular weight is 323 g/mol. The number of phenolic OH excluding ortho intramolecular Hbond substituents is 1. The average Bonchev–Trinajstić information content (AvgIpc) is 2.16. The smallest absolute Gasteiger partial charge is 0.412 e. The van der Waals surface area contributed by atoms with Crippen molar-refractivity contribution < 1.29 is 14.6 Å². The number of nitrogens with one attached hydrogen (secondary N) is 1. The van der Waals surface area contributed by atoms with Gasteiger partial charge in [-0.1, -0.05) is 11.6 Å². The predicted octanol–water partition coefficient (Wildman–Crippen LogP) is 4.16. The third kappa shape index (κ3) is 4.09. The summed E-state index contributed by atoms with van der Waals surface area (Å²) < 4.78 is 5.38. The number of amides is 1. The Morgan fingerprint density at radius 1 is 1.47 bits per heavy atom. The first-order valence-electron chi connectivity index (χ1n) is 4.87. The molecule has 94 valence electrons. The molecule has 1 aromatic rings. The molecular formula is C11H13BrClNO3. The van der Waals surface area contributed by atoms with Crippen molar-refractivity contribution in [2.75, 3.05) is 5.32 Å². The van der Waals surface area contributed by atoms with Crippen LogP contribution in [0.5, 0.6) is 5.75 Å². The molecule has 17 heavy (non-hydrogen) atoms. The van der Waals surface area contributed by atoms with Crippen molar-refractivity contribution in [3.63, 3.8) is 0 Å². The summed E-state index contributed by atoms with van der Waals surface area (Å²) in [6.45, 7) is 5.26. The summed E-state index contributed by atoms with van der Waals surface area (Å²) in [6, 6.07) is 3.05. The maximum atomic E-state index is 11.5. The van der Waals surface area contributed by atoms with Crippen molar-refractivity contribution >= 4 is 39.3 Å². The summed E-state index contributed by atoms with van der Waals surface area (Å²) >= 11 is 8.89. The van der Waals surface area contributed by atoms with Crippen molar-refractivity contribution in [3.8, 4) is 5.75 Å². The lowest BCUT2D eigenvalue weighted by atomic mass is 10.2. The van der Waals surface area contributed by atoms with Gasteiger partial charge < -0.3 is 9.84 Å². The highest BCUT2D eigenvalue weighted by Crippen LogP contribution is 2.37. The van der Waals surface area contributed by atoms with Crippen LogP contribution in [0.1, 0.15) is 20.8 Å². The fraction of sp³-hybridized carbons (Fsp3) is 0.364. The fourth-order valence-corrected chi connectivity index (χ4v) is 1.55. The Kier molecular flexibility index (Phi) is 4.27. The van der Waals surface area contributed by atoms with E-state index >= 15 is 0 Å². The summed E-state index contributed by atoms with van der Waals surface area (Å²) in [4.78, 5) is 11.5. The quantitative estimate of drug-likeness (QED) is 0.763. The number of carbonyl (C=O) groups excluding carboxylic acids is 1. The first-order chi connectivity index (χ1) is 7.70. The van der Waals surface area contributed by atoms with Crippen LogP contribution in [0.15, 0.2) is 16.6 Å². The number of benzene rings is 1. The van der Waals surface area contributed by atoms with Crippen LogP contribution in [0.4, 0.5) is 10.5 Å². The van der Waals surface area contributed by atoms with E-state index in [-0.39, 0.29) is 11.4 Å². The van der Waals surface area contributed by atoms with Crippen LogP contribution < -0.4 is 5.32 Å². The molecule has 0 fully saturated rings. The minimum absolute atomic E-state index is 0.136. The molecule has 0 bridgehead atoms. The molecule has 0 aliphatic heterocycles. The second kappa shape index (κ2) is 5.14. The normalized spacial score (nSPS) is 11.1. The van der Waals surface area contributed by atoms with E-state index in [0.717, 1.165) is 0 Å². The van der Waals surface area contributed by atoms with E-state index in [4.69, 9.17) is 16.3 Å². The second-order valence-electron chi connectivity index (χ2n) is 4.38. The third-order valence-corrected chi connectivity index (χ3v) is 3.05. The Bertz CT molecular complexity index is 443. The molecule has 0 unspecified atom stereocenters. The lowest BCUT2D eigenvalue weighted by molar-refractivity contribution is 0.0635. The van der Waals surface area contributed by atoms with Crippen molar-refractivity contribution in [1.82, 2.24) is 0 Å². The van der Waals surface area contributed by atoms with Gasteiger partial charge in [0.1, 0.15) is 5.60 Å². The number of rotatable bonds is 1. The minimum atomic E-state index is -0.637. The van der Waals surface area contributed by atoms with Gasteiger partial charge in [0.25, 0.3) is 0 Å². The van der Waals surface area contributed by atoms with Crippen LogP contribution in [0.3, 0.4) is 0 Å². The van der Waals surface area contributed by atoms with Crippen LogP contribution in [-0.4, -0.2) is 16.8 Å². The highest BCUT2D eigenvalue weighted by molar-refractivity contribution is 9.10. The van der Waals surface area contributed by atoms with Gasteiger partial charge in [0.15, 0.2) is 5.75 Å². The molecule has 0 saturated carbocycles. The number of aromatic hydroxyl groups is 1. The summed E-state index contributed by atoms with van der Waals surface area (Å²) in [6.07, 6.45) is -0.637. The molecule has 2 N–H and O–H groups in total. The molecular weight excluding hydrogens is 309 g/mol. The summed E-state index contributed by atoms with van der Waals surface area (Å²) in [5.41, 5.74) is -0.362. The Morgan fingerprint density at radius 3 is 2.59 bits per heavy atom. The summed E-state index contributed by atoms with van der Waals surface area (Å²) in [5.74, 6) is -0.136. The van der Waals surface area contributed by atoms with Crippen molar-refractivity contribution in [3.05, 3.63) is 21.6 Å². The molecule has 0 radical (unpaired) electrons. The zero-order valence-electron chi connectivity index (χ0n) is 9.67. The lowest BCUT2D eigenvalue weighted by Gasteiger charge is -2.20. The SMILES string of the molecule is CC(C)(C)OC(=O)Nc1ccc(Cl)c(Br)c1O. The zero-order valence-corrected chi connectivity index (χ0v) is 12.0. The maximum Gasteiger partial charge on any atom is 0.412 e. The van der Waals surface area contributed by atoms with E-state index < -0.39 is 11.7 Å². The maximum absolute atomic E-state index is 11.5. The zero-order chi connectivity index (χ0) is 13.2. The van der Waals surface area contributed by atoms with Gasteiger partial charge in [0.2, 0.25) is 0 Å². The molecule has 0 aliphatic carbocycles. The summed E-state index contributed by atoms with van der Waals surface area (Å²) in [7, 11) is 0. The van der Waals surface area contributed by atoms with Crippen LogP contribution in [-0.2, 0) is 4.74 Å². The molecule has 0 atom stereocenters. The highest BCUT2D eigenvalue weighted by Gasteiger charge is 2.18. The predicted molar refractivity (Wildman–Crippen MR) is 70.7 cm³/mol. The molecule has 1 amide bonds. The van der Waals surface area contributed by atoms with E-state index in [9.17, 15) is 9.90 Å². The monoisotopic (exact) mass is 321 g/mol. The molecule has 0 aromatic heterocycles. The van der Waals surface area contributed by atoms with E-state index in [1.807, 2.05) is 0 Å².